The van der Waals surface area contributed by atoms with Gasteiger partial charge < -0.3 is 4.74 Å². The van der Waals surface area contributed by atoms with Crippen LogP contribution in [0.15, 0.2) is 29.3 Å². The molecule has 1 unspecified atom stereocenters. The van der Waals surface area contributed by atoms with Crippen molar-refractivity contribution in [3.8, 4) is 0 Å². The van der Waals surface area contributed by atoms with Crippen LogP contribution in [0.5, 0.6) is 0 Å². The van der Waals surface area contributed by atoms with Crippen LogP contribution >= 0.6 is 0 Å². The molecular weight excluding hydrogens is 214 g/mol. The number of aryl methyl sites for hydroxylation is 2. The first-order valence-corrected chi connectivity index (χ1v) is 5.99. The van der Waals surface area contributed by atoms with Crippen molar-refractivity contribution in [2.45, 2.75) is 32.7 Å². The van der Waals surface area contributed by atoms with Crippen LogP contribution in [0.4, 0.5) is 0 Å². The highest BCUT2D eigenvalue weighted by atomic mass is 16.5. The van der Waals surface area contributed by atoms with Gasteiger partial charge in [0.2, 0.25) is 0 Å². The molecule has 1 atom stereocenters. The molecule has 2 rings (SSSR count). The number of carbonyl (C=O) groups is 1. The van der Waals surface area contributed by atoms with Gasteiger partial charge in [0, 0.05) is 0 Å². The van der Waals surface area contributed by atoms with Gasteiger partial charge in [0.25, 0.3) is 0 Å². The summed E-state index contributed by atoms with van der Waals surface area (Å²) < 4.78 is 4.91. The van der Waals surface area contributed by atoms with Crippen molar-refractivity contribution in [2.75, 3.05) is 6.61 Å². The van der Waals surface area contributed by atoms with Crippen molar-refractivity contribution in [1.82, 2.24) is 0 Å². The highest BCUT2D eigenvalue weighted by molar-refractivity contribution is 6.16. The lowest BCUT2D eigenvalue weighted by Gasteiger charge is -2.00. The van der Waals surface area contributed by atoms with Crippen molar-refractivity contribution in [1.29, 1.82) is 0 Å². The van der Waals surface area contributed by atoms with Gasteiger partial charge in [-0.25, -0.2) is 4.79 Å². The predicted molar refractivity (Wildman–Crippen MR) is 67.4 cm³/mol. The summed E-state index contributed by atoms with van der Waals surface area (Å²) in [5.74, 6) is -0.202. The fourth-order valence-electron chi connectivity index (χ4n) is 1.77. The van der Waals surface area contributed by atoms with Gasteiger partial charge in [0.1, 0.15) is 0 Å². The van der Waals surface area contributed by atoms with Crippen molar-refractivity contribution in [3.63, 3.8) is 0 Å². The summed E-state index contributed by atoms with van der Waals surface area (Å²) in [5, 5.41) is 0. The summed E-state index contributed by atoms with van der Waals surface area (Å²) in [5.41, 5.74) is 3.53. The molecule has 0 saturated carbocycles. The third kappa shape index (κ3) is 3.16. The van der Waals surface area contributed by atoms with Crippen LogP contribution in [0, 0.1) is 6.92 Å². The number of hydrogen-bond donors (Lipinski definition) is 0. The van der Waals surface area contributed by atoms with Crippen LogP contribution in [0.25, 0.3) is 0 Å². The number of carbonyl (C=O) groups excluding carboxylic acids is 1. The van der Waals surface area contributed by atoms with Crippen LogP contribution in [0.1, 0.15) is 24.5 Å². The summed E-state index contributed by atoms with van der Waals surface area (Å²) in [7, 11) is 0. The van der Waals surface area contributed by atoms with E-state index in [4.69, 9.17) is 4.74 Å². The highest BCUT2D eigenvalue weighted by Gasteiger charge is 2.35. The van der Waals surface area contributed by atoms with Gasteiger partial charge in [-0.2, -0.15) is 0 Å². The van der Waals surface area contributed by atoms with E-state index in [1.807, 2.05) is 6.92 Å². The van der Waals surface area contributed by atoms with Crippen LogP contribution in [-0.4, -0.2) is 24.3 Å². The van der Waals surface area contributed by atoms with Crippen molar-refractivity contribution < 1.29 is 9.53 Å². The van der Waals surface area contributed by atoms with Gasteiger partial charge in [-0.3, -0.25) is 4.99 Å². The van der Waals surface area contributed by atoms with Crippen LogP contribution in [0.3, 0.4) is 0 Å². The minimum Gasteiger partial charge on any atom is -0.464 e. The Bertz CT molecular complexity index is 434. The molecular formula is C14H17NO2. The first-order valence-electron chi connectivity index (χ1n) is 5.99. The predicted octanol–water partition coefficient (Wildman–Crippen LogP) is 2.31. The van der Waals surface area contributed by atoms with Crippen molar-refractivity contribution in [2.24, 2.45) is 4.99 Å². The van der Waals surface area contributed by atoms with Crippen molar-refractivity contribution >= 4 is 11.7 Å². The lowest BCUT2D eigenvalue weighted by atomic mass is 10.1. The molecule has 1 aliphatic rings. The Morgan fingerprint density at radius 1 is 1.29 bits per heavy atom. The maximum atomic E-state index is 11.3. The molecule has 0 radical (unpaired) electrons. The van der Waals surface area contributed by atoms with Crippen LogP contribution in [-0.2, 0) is 16.0 Å². The molecule has 1 heterocycles. The maximum Gasteiger partial charge on any atom is 0.336 e. The molecule has 1 aliphatic heterocycles. The topological polar surface area (TPSA) is 38.7 Å². The second kappa shape index (κ2) is 5.13. The summed E-state index contributed by atoms with van der Waals surface area (Å²) in [6.45, 7) is 4.31. The zero-order valence-electron chi connectivity index (χ0n) is 10.3. The Morgan fingerprint density at radius 2 is 2.00 bits per heavy atom. The summed E-state index contributed by atoms with van der Waals surface area (Å²) in [6.07, 6.45) is 1.79. The standard InChI is InChI=1S/C14H17NO2/c1-3-17-14(16)13-12(15-13)9-8-11-6-4-10(2)5-7-11/h4-7,13H,3,8-9H2,1-2H3. The third-order valence-corrected chi connectivity index (χ3v) is 2.84. The number of esters is 1. The average molecular weight is 231 g/mol. The molecule has 0 aliphatic carbocycles. The molecule has 1 aromatic rings. The molecule has 0 fully saturated rings. The molecule has 17 heavy (non-hydrogen) atoms. The van der Waals surface area contributed by atoms with E-state index in [-0.39, 0.29) is 12.0 Å². The molecule has 1 aromatic carbocycles. The van der Waals surface area contributed by atoms with Gasteiger partial charge in [-0.1, -0.05) is 29.8 Å². The lowest BCUT2D eigenvalue weighted by Crippen LogP contribution is -2.16. The Balaban J connectivity index is 1.76. The molecule has 0 amide bonds. The number of nitrogens with zero attached hydrogens (tertiary/aromatic N) is 1. The summed E-state index contributed by atoms with van der Waals surface area (Å²) in [6, 6.07) is 8.18. The SMILES string of the molecule is CCOC(=O)C1N=C1CCc1ccc(C)cc1. The van der Waals surface area contributed by atoms with E-state index in [0.717, 1.165) is 18.6 Å². The fraction of sp³-hybridized carbons (Fsp3) is 0.429. The van der Waals surface area contributed by atoms with E-state index in [2.05, 4.69) is 36.2 Å². The Morgan fingerprint density at radius 3 is 2.65 bits per heavy atom. The number of hydrogen-bond acceptors (Lipinski definition) is 3. The molecule has 0 spiro atoms. The first kappa shape index (κ1) is 11.8. The van der Waals surface area contributed by atoms with E-state index in [1.165, 1.54) is 11.1 Å². The largest absolute Gasteiger partial charge is 0.464 e. The Kier molecular flexibility index (Phi) is 3.57. The summed E-state index contributed by atoms with van der Waals surface area (Å²) in [4.78, 5) is 15.5. The molecule has 0 bridgehead atoms. The molecule has 0 N–H and O–H groups in total. The second-order valence-electron chi connectivity index (χ2n) is 4.26. The Labute approximate surface area is 102 Å². The van der Waals surface area contributed by atoms with Gasteiger partial charge in [0.15, 0.2) is 6.04 Å². The molecule has 90 valence electrons. The third-order valence-electron chi connectivity index (χ3n) is 2.84. The second-order valence-corrected chi connectivity index (χ2v) is 4.26. The highest BCUT2D eigenvalue weighted by Crippen LogP contribution is 2.19. The number of ether oxygens (including phenoxy) is 1. The van der Waals surface area contributed by atoms with Crippen molar-refractivity contribution in [3.05, 3.63) is 35.4 Å². The number of aliphatic imine (C=N–C) groups is 1. The molecule has 3 heteroatoms. The van der Waals surface area contributed by atoms with Gasteiger partial charge in [-0.05, 0) is 32.3 Å². The van der Waals surface area contributed by atoms with E-state index in [0.29, 0.717) is 6.61 Å². The number of benzene rings is 1. The van der Waals surface area contributed by atoms with Crippen LogP contribution < -0.4 is 0 Å². The lowest BCUT2D eigenvalue weighted by molar-refractivity contribution is -0.142. The first-order chi connectivity index (χ1) is 8.20. The molecule has 0 saturated heterocycles. The van der Waals surface area contributed by atoms with E-state index < -0.39 is 0 Å². The Hall–Kier alpha value is -1.64. The average Bonchev–Trinajstić information content (AvgIpc) is 3.08. The fourth-order valence-corrected chi connectivity index (χ4v) is 1.77. The monoisotopic (exact) mass is 231 g/mol. The van der Waals surface area contributed by atoms with Gasteiger partial charge >= 0.3 is 5.97 Å². The quantitative estimate of drug-likeness (QED) is 0.729. The van der Waals surface area contributed by atoms with E-state index >= 15 is 0 Å². The zero-order valence-corrected chi connectivity index (χ0v) is 10.3. The maximum absolute atomic E-state index is 11.3. The normalized spacial score (nSPS) is 17.5. The van der Waals surface area contributed by atoms with Gasteiger partial charge in [-0.15, -0.1) is 0 Å². The van der Waals surface area contributed by atoms with Gasteiger partial charge in [0.05, 0.1) is 12.3 Å². The van der Waals surface area contributed by atoms with E-state index in [9.17, 15) is 4.79 Å². The minimum absolute atomic E-state index is 0.202. The summed E-state index contributed by atoms with van der Waals surface area (Å²) >= 11 is 0. The number of rotatable bonds is 5. The van der Waals surface area contributed by atoms with Crippen LogP contribution in [0.2, 0.25) is 0 Å². The zero-order chi connectivity index (χ0) is 12.3. The molecule has 3 nitrogen and oxygen atoms in total. The molecule has 0 aromatic heterocycles. The van der Waals surface area contributed by atoms with E-state index in [1.54, 1.807) is 0 Å². The minimum atomic E-state index is -0.277. The smallest absolute Gasteiger partial charge is 0.336 e.